The summed E-state index contributed by atoms with van der Waals surface area (Å²) in [4.78, 5) is 22.6. The lowest BCUT2D eigenvalue weighted by Crippen LogP contribution is -2.49. The molecule has 0 aromatic heterocycles. The number of hydrogen-bond acceptors (Lipinski definition) is 3. The molecule has 1 rings (SSSR count). The molecule has 1 aromatic rings. The third-order valence-electron chi connectivity index (χ3n) is 2.17. The summed E-state index contributed by atoms with van der Waals surface area (Å²) in [5.41, 5.74) is -1.17. The smallest absolute Gasteiger partial charge is 0.328 e. The molecule has 17 heavy (non-hydrogen) atoms. The topological polar surface area (TPSA) is 86.6 Å². The lowest BCUT2D eigenvalue weighted by molar-refractivity contribution is -0.143. The number of benzene rings is 1. The summed E-state index contributed by atoms with van der Waals surface area (Å²) < 4.78 is 0.464. The predicted octanol–water partition coefficient (Wildman–Crippen LogP) is 1.75. The Morgan fingerprint density at radius 2 is 1.94 bits per heavy atom. The van der Waals surface area contributed by atoms with Crippen molar-refractivity contribution in [3.63, 3.8) is 0 Å². The minimum Gasteiger partial charge on any atom is -0.507 e. The van der Waals surface area contributed by atoms with Gasteiger partial charge in [-0.1, -0.05) is 0 Å². The minimum atomic E-state index is -1.36. The zero-order chi connectivity index (χ0) is 13.2. The van der Waals surface area contributed by atoms with Crippen LogP contribution in [-0.4, -0.2) is 27.6 Å². The van der Waals surface area contributed by atoms with Gasteiger partial charge in [-0.25, -0.2) is 4.79 Å². The number of phenols is 1. The number of nitrogens with one attached hydrogen (secondary N) is 1. The number of amides is 1. The number of carboxylic acids is 1. The lowest BCUT2D eigenvalue weighted by Gasteiger charge is -2.21. The first-order valence-electron chi connectivity index (χ1n) is 4.78. The second kappa shape index (κ2) is 4.75. The molecule has 92 valence electrons. The van der Waals surface area contributed by atoms with Crippen LogP contribution >= 0.6 is 15.9 Å². The Morgan fingerprint density at radius 1 is 1.35 bits per heavy atom. The Labute approximate surface area is 107 Å². The van der Waals surface area contributed by atoms with Crippen molar-refractivity contribution in [2.24, 2.45) is 0 Å². The Balaban J connectivity index is 2.91. The minimum absolute atomic E-state index is 0.0780. The SMILES string of the molecule is CC(C)(NC(=O)c1ccc(Br)c(O)c1)C(=O)O. The molecule has 5 nitrogen and oxygen atoms in total. The molecule has 0 heterocycles. The molecule has 3 N–H and O–H groups in total. The van der Waals surface area contributed by atoms with Gasteiger partial charge in [0, 0.05) is 5.56 Å². The summed E-state index contributed by atoms with van der Waals surface area (Å²) >= 11 is 3.09. The van der Waals surface area contributed by atoms with Crippen molar-refractivity contribution in [2.45, 2.75) is 19.4 Å². The first-order chi connectivity index (χ1) is 7.74. The molecular weight excluding hydrogens is 290 g/mol. The highest BCUT2D eigenvalue weighted by Gasteiger charge is 2.29. The molecule has 0 radical (unpaired) electrons. The molecule has 0 aliphatic rings. The van der Waals surface area contributed by atoms with Gasteiger partial charge in [0.2, 0.25) is 0 Å². The number of hydrogen-bond donors (Lipinski definition) is 3. The number of phenolic OH excluding ortho intramolecular Hbond substituents is 1. The number of aromatic hydroxyl groups is 1. The Hall–Kier alpha value is -1.56. The van der Waals surface area contributed by atoms with Crippen LogP contribution in [0.25, 0.3) is 0 Å². The van der Waals surface area contributed by atoms with Gasteiger partial charge >= 0.3 is 5.97 Å². The van der Waals surface area contributed by atoms with Gasteiger partial charge in [-0.2, -0.15) is 0 Å². The lowest BCUT2D eigenvalue weighted by atomic mass is 10.1. The summed E-state index contributed by atoms with van der Waals surface area (Å²) in [6.07, 6.45) is 0. The highest BCUT2D eigenvalue weighted by atomic mass is 79.9. The molecule has 0 aliphatic carbocycles. The number of halogens is 1. The third kappa shape index (κ3) is 3.20. The van der Waals surface area contributed by atoms with Crippen LogP contribution in [0.15, 0.2) is 22.7 Å². The monoisotopic (exact) mass is 301 g/mol. The maximum Gasteiger partial charge on any atom is 0.328 e. The van der Waals surface area contributed by atoms with Crippen molar-refractivity contribution in [1.29, 1.82) is 0 Å². The fourth-order valence-electron chi connectivity index (χ4n) is 1.06. The molecule has 6 heteroatoms. The molecule has 0 spiro atoms. The zero-order valence-electron chi connectivity index (χ0n) is 9.32. The maximum absolute atomic E-state index is 11.7. The number of carbonyl (C=O) groups is 2. The van der Waals surface area contributed by atoms with E-state index in [1.807, 2.05) is 0 Å². The first kappa shape index (κ1) is 13.5. The summed E-state index contributed by atoms with van der Waals surface area (Å²) in [6.45, 7) is 2.76. The Bertz CT molecular complexity index is 471. The third-order valence-corrected chi connectivity index (χ3v) is 2.84. The summed E-state index contributed by atoms with van der Waals surface area (Å²) in [6, 6.07) is 4.26. The van der Waals surface area contributed by atoms with E-state index in [1.54, 1.807) is 0 Å². The van der Waals surface area contributed by atoms with Crippen LogP contribution < -0.4 is 5.32 Å². The van der Waals surface area contributed by atoms with E-state index in [-0.39, 0.29) is 11.3 Å². The van der Waals surface area contributed by atoms with Gasteiger partial charge in [-0.3, -0.25) is 4.79 Å². The van der Waals surface area contributed by atoms with Crippen molar-refractivity contribution in [2.75, 3.05) is 0 Å². The van der Waals surface area contributed by atoms with Gasteiger partial charge in [0.1, 0.15) is 11.3 Å². The number of rotatable bonds is 3. The van der Waals surface area contributed by atoms with Crippen LogP contribution in [0.3, 0.4) is 0 Å². The molecule has 0 atom stereocenters. The van der Waals surface area contributed by atoms with E-state index in [0.29, 0.717) is 4.47 Å². The number of carboxylic acid groups (broad SMARTS) is 1. The summed E-state index contributed by atoms with van der Waals surface area (Å²) in [7, 11) is 0. The van der Waals surface area contributed by atoms with Crippen molar-refractivity contribution < 1.29 is 19.8 Å². The highest BCUT2D eigenvalue weighted by molar-refractivity contribution is 9.10. The van der Waals surface area contributed by atoms with Crippen LogP contribution in [-0.2, 0) is 4.79 Å². The van der Waals surface area contributed by atoms with E-state index in [9.17, 15) is 14.7 Å². The highest BCUT2D eigenvalue weighted by Crippen LogP contribution is 2.24. The largest absolute Gasteiger partial charge is 0.507 e. The molecular formula is C11H12BrNO4. The van der Waals surface area contributed by atoms with Crippen molar-refractivity contribution >= 4 is 27.8 Å². The predicted molar refractivity (Wildman–Crippen MR) is 65.0 cm³/mol. The molecule has 0 bridgehead atoms. The van der Waals surface area contributed by atoms with Gasteiger partial charge in [-0.05, 0) is 48.0 Å². The molecule has 0 saturated carbocycles. The van der Waals surface area contributed by atoms with Gasteiger partial charge in [-0.15, -0.1) is 0 Å². The Morgan fingerprint density at radius 3 is 2.41 bits per heavy atom. The van der Waals surface area contributed by atoms with Gasteiger partial charge in [0.05, 0.1) is 4.47 Å². The van der Waals surface area contributed by atoms with Crippen molar-refractivity contribution in [1.82, 2.24) is 5.32 Å². The molecule has 0 fully saturated rings. The molecule has 0 aliphatic heterocycles. The average molecular weight is 302 g/mol. The fraction of sp³-hybridized carbons (Fsp3) is 0.273. The molecule has 0 saturated heterocycles. The quantitative estimate of drug-likeness (QED) is 0.794. The van der Waals surface area contributed by atoms with Crippen LogP contribution in [0.5, 0.6) is 5.75 Å². The summed E-state index contributed by atoms with van der Waals surface area (Å²) in [5, 5.41) is 20.6. The summed E-state index contributed by atoms with van der Waals surface area (Å²) in [5.74, 6) is -1.77. The van der Waals surface area contributed by atoms with E-state index in [0.717, 1.165) is 0 Å². The maximum atomic E-state index is 11.7. The molecule has 0 unspecified atom stereocenters. The van der Waals surface area contributed by atoms with Crippen LogP contribution in [0.2, 0.25) is 0 Å². The van der Waals surface area contributed by atoms with E-state index in [4.69, 9.17) is 5.11 Å². The Kier molecular flexibility index (Phi) is 3.77. The fourth-order valence-corrected chi connectivity index (χ4v) is 1.31. The van der Waals surface area contributed by atoms with Gasteiger partial charge in [0.25, 0.3) is 5.91 Å². The standard InChI is InChI=1S/C11H12BrNO4/c1-11(2,10(16)17)13-9(15)6-3-4-7(12)8(14)5-6/h3-5,14H,1-2H3,(H,13,15)(H,16,17). The van der Waals surface area contributed by atoms with E-state index in [2.05, 4.69) is 21.2 Å². The second-order valence-electron chi connectivity index (χ2n) is 4.05. The second-order valence-corrected chi connectivity index (χ2v) is 4.90. The zero-order valence-corrected chi connectivity index (χ0v) is 10.9. The molecule has 1 amide bonds. The van der Waals surface area contributed by atoms with Crippen molar-refractivity contribution in [3.05, 3.63) is 28.2 Å². The van der Waals surface area contributed by atoms with Crippen molar-refractivity contribution in [3.8, 4) is 5.75 Å². The normalized spacial score (nSPS) is 11.0. The van der Waals surface area contributed by atoms with Crippen LogP contribution in [0.1, 0.15) is 24.2 Å². The van der Waals surface area contributed by atoms with Gasteiger partial charge in [0.15, 0.2) is 0 Å². The average Bonchev–Trinajstić information content (AvgIpc) is 2.21. The van der Waals surface area contributed by atoms with Crippen LogP contribution in [0.4, 0.5) is 0 Å². The number of carbonyl (C=O) groups excluding carboxylic acids is 1. The van der Waals surface area contributed by atoms with Crippen LogP contribution in [0, 0.1) is 0 Å². The van der Waals surface area contributed by atoms with E-state index < -0.39 is 17.4 Å². The van der Waals surface area contributed by atoms with E-state index in [1.165, 1.54) is 32.0 Å². The number of aliphatic carboxylic acids is 1. The molecule has 1 aromatic carbocycles. The van der Waals surface area contributed by atoms with Gasteiger partial charge < -0.3 is 15.5 Å². The first-order valence-corrected chi connectivity index (χ1v) is 5.58. The van der Waals surface area contributed by atoms with E-state index >= 15 is 0 Å².